The third kappa shape index (κ3) is 1.88. The van der Waals surface area contributed by atoms with Gasteiger partial charge in [0.05, 0.1) is 12.1 Å². The molecule has 90 valence electrons. The Morgan fingerprint density at radius 2 is 2.24 bits per heavy atom. The second-order valence-electron chi connectivity index (χ2n) is 4.81. The van der Waals surface area contributed by atoms with Gasteiger partial charge in [0.15, 0.2) is 0 Å². The first kappa shape index (κ1) is 11.2. The second-order valence-corrected chi connectivity index (χ2v) is 5.73. The van der Waals surface area contributed by atoms with E-state index in [0.717, 1.165) is 13.0 Å². The van der Waals surface area contributed by atoms with Gasteiger partial charge in [-0.25, -0.2) is 0 Å². The van der Waals surface area contributed by atoms with Crippen molar-refractivity contribution in [2.24, 2.45) is 11.7 Å². The van der Waals surface area contributed by atoms with Gasteiger partial charge < -0.3 is 10.5 Å². The van der Waals surface area contributed by atoms with E-state index in [-0.39, 0.29) is 12.1 Å². The third-order valence-corrected chi connectivity index (χ3v) is 4.65. The molecule has 3 unspecified atom stereocenters. The van der Waals surface area contributed by atoms with E-state index in [2.05, 4.69) is 36.6 Å². The molecule has 0 spiro atoms. The molecule has 0 amide bonds. The molecule has 2 N–H and O–H groups in total. The highest BCUT2D eigenvalue weighted by atomic mass is 32.1. The lowest BCUT2D eigenvalue weighted by Gasteiger charge is -2.22. The van der Waals surface area contributed by atoms with Gasteiger partial charge in [-0.3, -0.25) is 0 Å². The summed E-state index contributed by atoms with van der Waals surface area (Å²) >= 11 is 1.77. The van der Waals surface area contributed by atoms with Crippen molar-refractivity contribution in [3.63, 3.8) is 0 Å². The summed E-state index contributed by atoms with van der Waals surface area (Å²) in [5.74, 6) is 0.559. The Morgan fingerprint density at radius 3 is 3.00 bits per heavy atom. The summed E-state index contributed by atoms with van der Waals surface area (Å²) < 4.78 is 7.09. The topological polar surface area (TPSA) is 35.2 Å². The fraction of sp³-hybridized carbons (Fsp3) is 0.429. The first-order valence-corrected chi connectivity index (χ1v) is 6.98. The second kappa shape index (κ2) is 4.41. The number of ether oxygens (including phenoxy) is 1. The van der Waals surface area contributed by atoms with Crippen LogP contribution in [0.1, 0.15) is 24.9 Å². The summed E-state index contributed by atoms with van der Waals surface area (Å²) in [6.07, 6.45) is 1.30. The van der Waals surface area contributed by atoms with Crippen molar-refractivity contribution < 1.29 is 4.74 Å². The average Bonchev–Trinajstić information content (AvgIpc) is 2.94. The molecule has 2 heterocycles. The minimum atomic E-state index is 0.00338. The van der Waals surface area contributed by atoms with Gasteiger partial charge >= 0.3 is 0 Å². The Hall–Kier alpha value is -0.900. The lowest BCUT2D eigenvalue weighted by molar-refractivity contribution is 0.0729. The normalized spacial score (nSPS) is 26.5. The van der Waals surface area contributed by atoms with E-state index in [9.17, 15) is 0 Å². The standard InChI is InChI=1S/C14H17NOS/c1-9-6-7-16-14(9)13(15)11-8-17-12-5-3-2-4-10(11)12/h2-5,8-9,13-14H,6-7,15H2,1H3. The van der Waals surface area contributed by atoms with Gasteiger partial charge in [0.1, 0.15) is 0 Å². The maximum Gasteiger partial charge on any atom is 0.0794 e. The first-order valence-electron chi connectivity index (χ1n) is 6.10. The van der Waals surface area contributed by atoms with Crippen LogP contribution in [0.2, 0.25) is 0 Å². The number of rotatable bonds is 2. The van der Waals surface area contributed by atoms with Crippen LogP contribution in [0.4, 0.5) is 0 Å². The van der Waals surface area contributed by atoms with E-state index in [4.69, 9.17) is 10.5 Å². The minimum absolute atomic E-state index is 0.00338. The van der Waals surface area contributed by atoms with E-state index in [1.165, 1.54) is 15.6 Å². The Balaban J connectivity index is 1.98. The fourth-order valence-electron chi connectivity index (χ4n) is 2.61. The van der Waals surface area contributed by atoms with Gasteiger partial charge in [0.25, 0.3) is 0 Å². The molecule has 0 bridgehead atoms. The summed E-state index contributed by atoms with van der Waals surface area (Å²) in [5, 5.41) is 3.47. The van der Waals surface area contributed by atoms with Crippen LogP contribution in [0.25, 0.3) is 10.1 Å². The number of hydrogen-bond donors (Lipinski definition) is 1. The molecule has 0 aliphatic carbocycles. The van der Waals surface area contributed by atoms with E-state index < -0.39 is 0 Å². The molecule has 3 heteroatoms. The first-order chi connectivity index (χ1) is 8.27. The van der Waals surface area contributed by atoms with Crippen LogP contribution in [-0.4, -0.2) is 12.7 Å². The molecule has 1 aliphatic heterocycles. The van der Waals surface area contributed by atoms with Gasteiger partial charge in [-0.15, -0.1) is 11.3 Å². The van der Waals surface area contributed by atoms with Crippen LogP contribution in [0.15, 0.2) is 29.6 Å². The summed E-state index contributed by atoms with van der Waals surface area (Å²) in [6.45, 7) is 3.08. The predicted molar refractivity (Wildman–Crippen MR) is 72.3 cm³/mol. The molecule has 2 nitrogen and oxygen atoms in total. The van der Waals surface area contributed by atoms with Crippen molar-refractivity contribution in [2.75, 3.05) is 6.61 Å². The SMILES string of the molecule is CC1CCOC1C(N)c1csc2ccccc12. The van der Waals surface area contributed by atoms with Gasteiger partial charge in [-0.05, 0) is 34.7 Å². The van der Waals surface area contributed by atoms with E-state index in [1.807, 2.05) is 0 Å². The van der Waals surface area contributed by atoms with Crippen molar-refractivity contribution in [3.05, 3.63) is 35.2 Å². The molecule has 1 saturated heterocycles. The highest BCUT2D eigenvalue weighted by Crippen LogP contribution is 2.35. The lowest BCUT2D eigenvalue weighted by Crippen LogP contribution is -2.29. The van der Waals surface area contributed by atoms with E-state index in [0.29, 0.717) is 5.92 Å². The predicted octanol–water partition coefficient (Wildman–Crippen LogP) is 3.33. The third-order valence-electron chi connectivity index (χ3n) is 3.67. The van der Waals surface area contributed by atoms with Crippen molar-refractivity contribution in [1.29, 1.82) is 0 Å². The molecular weight excluding hydrogens is 230 g/mol. The number of benzene rings is 1. The van der Waals surface area contributed by atoms with E-state index >= 15 is 0 Å². The lowest BCUT2D eigenvalue weighted by atomic mass is 9.93. The number of nitrogens with two attached hydrogens (primary N) is 1. The Labute approximate surface area is 105 Å². The van der Waals surface area contributed by atoms with Crippen LogP contribution in [0, 0.1) is 5.92 Å². The molecule has 1 aromatic carbocycles. The monoisotopic (exact) mass is 247 g/mol. The van der Waals surface area contributed by atoms with Crippen molar-refractivity contribution in [3.8, 4) is 0 Å². The Kier molecular flexibility index (Phi) is 2.90. The zero-order valence-electron chi connectivity index (χ0n) is 9.93. The molecule has 0 saturated carbocycles. The van der Waals surface area contributed by atoms with Crippen LogP contribution in [0.3, 0.4) is 0 Å². The number of hydrogen-bond acceptors (Lipinski definition) is 3. The minimum Gasteiger partial charge on any atom is -0.376 e. The Morgan fingerprint density at radius 1 is 1.41 bits per heavy atom. The summed E-state index contributed by atoms with van der Waals surface area (Å²) in [4.78, 5) is 0. The van der Waals surface area contributed by atoms with Crippen LogP contribution in [-0.2, 0) is 4.74 Å². The zero-order valence-corrected chi connectivity index (χ0v) is 10.7. The quantitative estimate of drug-likeness (QED) is 0.883. The number of thiophene rings is 1. The van der Waals surface area contributed by atoms with E-state index in [1.54, 1.807) is 11.3 Å². The van der Waals surface area contributed by atoms with Crippen molar-refractivity contribution in [2.45, 2.75) is 25.5 Å². The zero-order chi connectivity index (χ0) is 11.8. The molecular formula is C14H17NOS. The molecule has 0 radical (unpaired) electrons. The summed E-state index contributed by atoms with van der Waals surface area (Å²) in [7, 11) is 0. The molecule has 2 aromatic rings. The molecule has 1 aromatic heterocycles. The summed E-state index contributed by atoms with van der Waals surface area (Å²) in [5.41, 5.74) is 7.62. The maximum atomic E-state index is 6.38. The van der Waals surface area contributed by atoms with Gasteiger partial charge in [-0.2, -0.15) is 0 Å². The molecule has 3 rings (SSSR count). The Bertz CT molecular complexity index is 522. The average molecular weight is 247 g/mol. The molecule has 17 heavy (non-hydrogen) atoms. The smallest absolute Gasteiger partial charge is 0.0794 e. The fourth-order valence-corrected chi connectivity index (χ4v) is 3.62. The van der Waals surface area contributed by atoms with Crippen molar-refractivity contribution in [1.82, 2.24) is 0 Å². The molecule has 3 atom stereocenters. The van der Waals surface area contributed by atoms with Crippen LogP contribution < -0.4 is 5.73 Å². The molecule has 1 fully saturated rings. The highest BCUT2D eigenvalue weighted by molar-refractivity contribution is 7.17. The van der Waals surface area contributed by atoms with Crippen LogP contribution >= 0.6 is 11.3 Å². The molecule has 1 aliphatic rings. The highest BCUT2D eigenvalue weighted by Gasteiger charge is 2.31. The maximum absolute atomic E-state index is 6.38. The van der Waals surface area contributed by atoms with Crippen LogP contribution in [0.5, 0.6) is 0 Å². The van der Waals surface area contributed by atoms with Gasteiger partial charge in [-0.1, -0.05) is 25.1 Å². The largest absolute Gasteiger partial charge is 0.376 e. The van der Waals surface area contributed by atoms with Gasteiger partial charge in [0, 0.05) is 11.3 Å². The van der Waals surface area contributed by atoms with Crippen molar-refractivity contribution >= 4 is 21.4 Å². The summed E-state index contributed by atoms with van der Waals surface area (Å²) in [6, 6.07) is 8.45. The number of fused-ring (bicyclic) bond motifs is 1. The van der Waals surface area contributed by atoms with Gasteiger partial charge in [0.2, 0.25) is 0 Å².